The molecule has 0 unspecified atom stereocenters. The van der Waals surface area contributed by atoms with Crippen molar-refractivity contribution in [2.75, 3.05) is 58.4 Å². The molecule has 0 aliphatic rings. The second kappa shape index (κ2) is 12.5. The molecule has 1 rings (SSSR count). The van der Waals surface area contributed by atoms with Gasteiger partial charge in [0.2, 0.25) is 0 Å². The number of thioether (sulfide) groups is 3. The van der Waals surface area contributed by atoms with Crippen LogP contribution in [0.4, 0.5) is 0 Å². The third kappa shape index (κ3) is 8.84. The van der Waals surface area contributed by atoms with Crippen LogP contribution in [0.15, 0.2) is 15.5 Å². The highest BCUT2D eigenvalue weighted by atomic mass is 32.2. The van der Waals surface area contributed by atoms with Crippen molar-refractivity contribution >= 4 is 35.3 Å². The molecule has 120 valence electrons. The molecule has 0 saturated carbocycles. The lowest BCUT2D eigenvalue weighted by molar-refractivity contribution is 0.218. The maximum atomic E-state index is 5.05. The van der Waals surface area contributed by atoms with E-state index in [0.717, 1.165) is 32.7 Å². The van der Waals surface area contributed by atoms with E-state index in [1.807, 2.05) is 0 Å². The van der Waals surface area contributed by atoms with E-state index in [0.29, 0.717) is 19.8 Å². The van der Waals surface area contributed by atoms with Crippen LogP contribution in [0.3, 0.4) is 0 Å². The van der Waals surface area contributed by atoms with Gasteiger partial charge in [-0.25, -0.2) is 0 Å². The predicted octanol–water partition coefficient (Wildman–Crippen LogP) is 2.09. The summed E-state index contributed by atoms with van der Waals surface area (Å²) >= 11 is 4.73. The topological polar surface area (TPSA) is 66.4 Å². The van der Waals surface area contributed by atoms with E-state index in [9.17, 15) is 0 Å². The Labute approximate surface area is 138 Å². The van der Waals surface area contributed by atoms with Gasteiger partial charge >= 0.3 is 0 Å². The monoisotopic (exact) mass is 351 g/mol. The van der Waals surface area contributed by atoms with Crippen LogP contribution in [0.2, 0.25) is 0 Å². The minimum absolute atomic E-state index is 0.675. The highest BCUT2D eigenvalue weighted by molar-refractivity contribution is 8.00. The van der Waals surface area contributed by atoms with Crippen molar-refractivity contribution in [1.82, 2.24) is 15.0 Å². The van der Waals surface area contributed by atoms with Crippen LogP contribution in [-0.4, -0.2) is 73.4 Å². The standard InChI is InChI=1S/C12H21N3O3S3/c1-16-4-7-19-10-13-11(20-8-5-17-2)15-12(14-10)21-9-6-18-3/h4-9H2,1-3H3. The molecule has 1 aromatic rings. The van der Waals surface area contributed by atoms with Crippen LogP contribution < -0.4 is 0 Å². The molecule has 0 amide bonds. The van der Waals surface area contributed by atoms with Gasteiger partial charge < -0.3 is 14.2 Å². The van der Waals surface area contributed by atoms with Crippen LogP contribution in [0.5, 0.6) is 0 Å². The fraction of sp³-hybridized carbons (Fsp3) is 0.750. The van der Waals surface area contributed by atoms with Crippen LogP contribution in [-0.2, 0) is 14.2 Å². The van der Waals surface area contributed by atoms with E-state index in [2.05, 4.69) is 15.0 Å². The third-order valence-electron chi connectivity index (χ3n) is 2.13. The Morgan fingerprint density at radius 3 is 1.14 bits per heavy atom. The van der Waals surface area contributed by atoms with Crippen molar-refractivity contribution in [2.24, 2.45) is 0 Å². The lowest BCUT2D eigenvalue weighted by Gasteiger charge is -2.06. The van der Waals surface area contributed by atoms with Crippen molar-refractivity contribution in [3.8, 4) is 0 Å². The summed E-state index contributed by atoms with van der Waals surface area (Å²) in [4.78, 5) is 13.4. The van der Waals surface area contributed by atoms with E-state index >= 15 is 0 Å². The van der Waals surface area contributed by atoms with Crippen molar-refractivity contribution < 1.29 is 14.2 Å². The maximum absolute atomic E-state index is 5.05. The molecule has 6 nitrogen and oxygen atoms in total. The highest BCUT2D eigenvalue weighted by Gasteiger charge is 2.08. The Morgan fingerprint density at radius 2 is 0.905 bits per heavy atom. The molecule has 9 heteroatoms. The molecule has 0 atom stereocenters. The molecular weight excluding hydrogens is 330 g/mol. The Balaban J connectivity index is 2.65. The van der Waals surface area contributed by atoms with Crippen LogP contribution in [0.1, 0.15) is 0 Å². The fourth-order valence-electron chi connectivity index (χ4n) is 1.16. The number of ether oxygens (including phenoxy) is 3. The molecule has 0 aliphatic heterocycles. The maximum Gasteiger partial charge on any atom is 0.192 e. The summed E-state index contributed by atoms with van der Waals surface area (Å²) < 4.78 is 15.1. The molecule has 0 fully saturated rings. The number of hydrogen-bond acceptors (Lipinski definition) is 9. The fourth-order valence-corrected chi connectivity index (χ4v) is 3.54. The molecule has 0 spiro atoms. The van der Waals surface area contributed by atoms with Crippen molar-refractivity contribution in [3.05, 3.63) is 0 Å². The Morgan fingerprint density at radius 1 is 0.619 bits per heavy atom. The van der Waals surface area contributed by atoms with E-state index in [1.54, 1.807) is 56.6 Å². The molecule has 0 saturated heterocycles. The lowest BCUT2D eigenvalue weighted by atomic mass is 10.9. The molecule has 0 aliphatic carbocycles. The lowest BCUT2D eigenvalue weighted by Crippen LogP contribution is -2.02. The number of methoxy groups -OCH3 is 3. The average Bonchev–Trinajstić information content (AvgIpc) is 2.48. The summed E-state index contributed by atoms with van der Waals surface area (Å²) in [6.07, 6.45) is 0. The van der Waals surface area contributed by atoms with E-state index < -0.39 is 0 Å². The van der Waals surface area contributed by atoms with Crippen molar-refractivity contribution in [3.63, 3.8) is 0 Å². The van der Waals surface area contributed by atoms with Crippen LogP contribution >= 0.6 is 35.3 Å². The van der Waals surface area contributed by atoms with Gasteiger partial charge in [0.15, 0.2) is 15.5 Å². The zero-order valence-electron chi connectivity index (χ0n) is 12.5. The van der Waals surface area contributed by atoms with Gasteiger partial charge in [-0.15, -0.1) is 0 Å². The van der Waals surface area contributed by atoms with Gasteiger partial charge in [-0.1, -0.05) is 35.3 Å². The summed E-state index contributed by atoms with van der Waals surface area (Å²) in [7, 11) is 5.06. The van der Waals surface area contributed by atoms with E-state index in [1.165, 1.54) is 0 Å². The minimum atomic E-state index is 0.675. The molecule has 1 heterocycles. The van der Waals surface area contributed by atoms with Crippen LogP contribution in [0, 0.1) is 0 Å². The second-order valence-corrected chi connectivity index (χ2v) is 6.89. The quantitative estimate of drug-likeness (QED) is 0.416. The first kappa shape index (κ1) is 19.0. The predicted molar refractivity (Wildman–Crippen MR) is 87.6 cm³/mol. The third-order valence-corrected chi connectivity index (χ3v) is 4.56. The number of nitrogens with zero attached hydrogens (tertiary/aromatic N) is 3. The van der Waals surface area contributed by atoms with Gasteiger partial charge in [0.25, 0.3) is 0 Å². The summed E-state index contributed by atoms with van der Waals surface area (Å²) in [6, 6.07) is 0. The zero-order valence-corrected chi connectivity index (χ0v) is 15.0. The second-order valence-electron chi connectivity index (χ2n) is 3.71. The van der Waals surface area contributed by atoms with Crippen molar-refractivity contribution in [1.29, 1.82) is 0 Å². The van der Waals surface area contributed by atoms with E-state index in [4.69, 9.17) is 14.2 Å². The van der Waals surface area contributed by atoms with Gasteiger partial charge in [-0.2, -0.15) is 15.0 Å². The molecular formula is C12H21N3O3S3. The van der Waals surface area contributed by atoms with Gasteiger partial charge in [0, 0.05) is 38.6 Å². The summed E-state index contributed by atoms with van der Waals surface area (Å²) in [6.45, 7) is 2.03. The summed E-state index contributed by atoms with van der Waals surface area (Å²) in [5, 5.41) is 2.21. The van der Waals surface area contributed by atoms with Gasteiger partial charge in [-0.05, 0) is 0 Å². The van der Waals surface area contributed by atoms with E-state index in [-0.39, 0.29) is 0 Å². The van der Waals surface area contributed by atoms with Gasteiger partial charge in [0.05, 0.1) is 19.8 Å². The average molecular weight is 352 g/mol. The normalized spacial score (nSPS) is 11.0. The Hall–Kier alpha value is -0.0600. The zero-order chi connectivity index (χ0) is 15.3. The molecule has 0 bridgehead atoms. The first-order valence-corrected chi connectivity index (χ1v) is 9.37. The SMILES string of the molecule is COCCSc1nc(SCCOC)nc(SCCOC)n1. The molecule has 0 N–H and O–H groups in total. The smallest absolute Gasteiger partial charge is 0.192 e. The molecule has 0 radical (unpaired) electrons. The summed E-state index contributed by atoms with van der Waals surface area (Å²) in [5.41, 5.74) is 0. The number of hydrogen-bond donors (Lipinski definition) is 0. The van der Waals surface area contributed by atoms with Crippen molar-refractivity contribution in [2.45, 2.75) is 15.5 Å². The van der Waals surface area contributed by atoms with Crippen LogP contribution in [0.25, 0.3) is 0 Å². The minimum Gasteiger partial charge on any atom is -0.384 e. The van der Waals surface area contributed by atoms with Gasteiger partial charge in [-0.3, -0.25) is 0 Å². The first-order chi connectivity index (χ1) is 10.3. The largest absolute Gasteiger partial charge is 0.384 e. The Kier molecular flexibility index (Phi) is 11.3. The number of aromatic nitrogens is 3. The first-order valence-electron chi connectivity index (χ1n) is 6.41. The number of rotatable bonds is 12. The highest BCUT2D eigenvalue weighted by Crippen LogP contribution is 2.22. The molecule has 21 heavy (non-hydrogen) atoms. The van der Waals surface area contributed by atoms with Gasteiger partial charge in [0.1, 0.15) is 0 Å². The Bertz CT molecular complexity index is 330. The molecule has 1 aromatic heterocycles. The summed E-state index contributed by atoms with van der Waals surface area (Å²) in [5.74, 6) is 2.47. The molecule has 0 aromatic carbocycles.